The lowest BCUT2D eigenvalue weighted by molar-refractivity contribution is -0.0500. The van der Waals surface area contributed by atoms with E-state index in [0.717, 1.165) is 37.1 Å². The zero-order valence-electron chi connectivity index (χ0n) is 15.2. The normalized spacial score (nSPS) is 19.1. The van der Waals surface area contributed by atoms with E-state index in [9.17, 15) is 5.11 Å². The van der Waals surface area contributed by atoms with E-state index in [1.54, 1.807) is 0 Å². The Labute approximate surface area is 141 Å². The summed E-state index contributed by atoms with van der Waals surface area (Å²) in [5, 5.41) is 11.6. The minimum Gasteiger partial charge on any atom is -0.491 e. The van der Waals surface area contributed by atoms with Crippen molar-refractivity contribution in [3.8, 4) is 5.75 Å². The molecule has 1 saturated carbocycles. The monoisotopic (exact) mass is 319 g/mol. The second kappa shape index (κ2) is 8.16. The molecule has 1 atom stereocenters. The number of aliphatic hydroxyl groups is 1. The van der Waals surface area contributed by atoms with Gasteiger partial charge in [0, 0.05) is 6.54 Å². The van der Waals surface area contributed by atoms with Crippen LogP contribution >= 0.6 is 0 Å². The maximum Gasteiger partial charge on any atom is 0.119 e. The molecule has 1 fully saturated rings. The molecule has 1 unspecified atom stereocenters. The van der Waals surface area contributed by atoms with Crippen molar-refractivity contribution in [3.05, 3.63) is 29.8 Å². The van der Waals surface area contributed by atoms with Crippen LogP contribution in [0.1, 0.15) is 57.9 Å². The first kappa shape index (κ1) is 18.3. The Balaban J connectivity index is 2.21. The summed E-state index contributed by atoms with van der Waals surface area (Å²) in [6.45, 7) is 4.96. The summed E-state index contributed by atoms with van der Waals surface area (Å²) in [6.07, 6.45) is 7.01. The van der Waals surface area contributed by atoms with Gasteiger partial charge in [-0.15, -0.1) is 0 Å². The average Bonchev–Trinajstić information content (AvgIpc) is 2.53. The third-order valence-corrected chi connectivity index (χ3v) is 4.95. The first-order chi connectivity index (χ1) is 10.9. The van der Waals surface area contributed by atoms with E-state index >= 15 is 0 Å². The molecular formula is C20H33NO2. The molecule has 1 aromatic rings. The molecule has 3 nitrogen and oxygen atoms in total. The lowest BCUT2D eigenvalue weighted by atomic mass is 9.71. The van der Waals surface area contributed by atoms with E-state index in [1.165, 1.54) is 19.3 Å². The molecule has 0 bridgehead atoms. The second-order valence-corrected chi connectivity index (χ2v) is 7.50. The van der Waals surface area contributed by atoms with Gasteiger partial charge in [-0.05, 0) is 70.8 Å². The Morgan fingerprint density at radius 1 is 1.13 bits per heavy atom. The summed E-state index contributed by atoms with van der Waals surface area (Å²) in [5.74, 6) is 1.25. The lowest BCUT2D eigenvalue weighted by Crippen LogP contribution is -2.39. The molecule has 130 valence electrons. The maximum absolute atomic E-state index is 11.6. The van der Waals surface area contributed by atoms with Crippen molar-refractivity contribution in [3.63, 3.8) is 0 Å². The van der Waals surface area contributed by atoms with Crippen LogP contribution in [0, 0.1) is 5.92 Å². The fraction of sp³-hybridized carbons (Fsp3) is 0.700. The van der Waals surface area contributed by atoms with Crippen LogP contribution in [-0.2, 0) is 5.60 Å². The average molecular weight is 319 g/mol. The van der Waals surface area contributed by atoms with Crippen LogP contribution < -0.4 is 4.74 Å². The molecule has 0 amide bonds. The predicted molar refractivity (Wildman–Crippen MR) is 95.8 cm³/mol. The Morgan fingerprint density at radius 2 is 1.74 bits per heavy atom. The summed E-state index contributed by atoms with van der Waals surface area (Å²) >= 11 is 0. The highest BCUT2D eigenvalue weighted by Crippen LogP contribution is 2.42. The molecule has 0 spiro atoms. The number of hydrogen-bond donors (Lipinski definition) is 1. The van der Waals surface area contributed by atoms with E-state index in [4.69, 9.17) is 4.74 Å². The van der Waals surface area contributed by atoms with Gasteiger partial charge in [0.25, 0.3) is 0 Å². The van der Waals surface area contributed by atoms with Gasteiger partial charge < -0.3 is 14.7 Å². The molecule has 0 saturated heterocycles. The Bertz CT molecular complexity index is 463. The summed E-state index contributed by atoms with van der Waals surface area (Å²) in [6, 6.07) is 8.11. The van der Waals surface area contributed by atoms with E-state index in [-0.39, 0.29) is 6.10 Å². The van der Waals surface area contributed by atoms with Crippen LogP contribution in [0.25, 0.3) is 0 Å². The predicted octanol–water partition coefficient (Wildman–Crippen LogP) is 4.19. The molecular weight excluding hydrogens is 286 g/mol. The fourth-order valence-electron chi connectivity index (χ4n) is 3.65. The SMILES string of the molecule is CC(C)Oc1ccc(C(O)(CCN(C)C)C2CCCCC2)cc1. The van der Waals surface area contributed by atoms with Crippen molar-refractivity contribution >= 4 is 0 Å². The highest BCUT2D eigenvalue weighted by atomic mass is 16.5. The van der Waals surface area contributed by atoms with E-state index < -0.39 is 5.60 Å². The number of rotatable bonds is 7. The number of nitrogens with zero attached hydrogens (tertiary/aromatic N) is 1. The van der Waals surface area contributed by atoms with Crippen molar-refractivity contribution in [2.45, 2.75) is 64.1 Å². The molecule has 1 aliphatic carbocycles. The summed E-state index contributed by atoms with van der Waals surface area (Å²) in [4.78, 5) is 2.16. The van der Waals surface area contributed by atoms with Crippen molar-refractivity contribution in [2.24, 2.45) is 5.92 Å². The van der Waals surface area contributed by atoms with Crippen molar-refractivity contribution in [1.82, 2.24) is 4.90 Å². The fourth-order valence-corrected chi connectivity index (χ4v) is 3.65. The van der Waals surface area contributed by atoms with Gasteiger partial charge in [-0.1, -0.05) is 31.4 Å². The first-order valence-electron chi connectivity index (χ1n) is 9.06. The van der Waals surface area contributed by atoms with Crippen LogP contribution in [0.3, 0.4) is 0 Å². The van der Waals surface area contributed by atoms with Crippen LogP contribution in [0.4, 0.5) is 0 Å². The molecule has 0 aliphatic heterocycles. The zero-order valence-corrected chi connectivity index (χ0v) is 15.2. The standard InChI is InChI=1S/C20H33NO2/c1-16(2)23-19-12-10-18(11-13-19)20(22,14-15-21(3)4)17-8-6-5-7-9-17/h10-13,16-17,22H,5-9,14-15H2,1-4H3. The maximum atomic E-state index is 11.6. The molecule has 1 aromatic carbocycles. The minimum absolute atomic E-state index is 0.173. The van der Waals surface area contributed by atoms with Crippen LogP contribution in [0.5, 0.6) is 5.75 Å². The molecule has 0 aromatic heterocycles. The summed E-state index contributed by atoms with van der Waals surface area (Å²) < 4.78 is 5.74. The van der Waals surface area contributed by atoms with Gasteiger partial charge in [0.15, 0.2) is 0 Å². The highest BCUT2D eigenvalue weighted by Gasteiger charge is 2.38. The minimum atomic E-state index is -0.721. The third-order valence-electron chi connectivity index (χ3n) is 4.95. The van der Waals surface area contributed by atoms with Gasteiger partial charge in [0.05, 0.1) is 11.7 Å². The second-order valence-electron chi connectivity index (χ2n) is 7.50. The van der Waals surface area contributed by atoms with E-state index in [1.807, 2.05) is 26.0 Å². The largest absolute Gasteiger partial charge is 0.491 e. The zero-order chi connectivity index (χ0) is 16.9. The van der Waals surface area contributed by atoms with Crippen molar-refractivity contribution in [1.29, 1.82) is 0 Å². The summed E-state index contributed by atoms with van der Waals surface area (Å²) in [7, 11) is 4.14. The number of hydrogen-bond acceptors (Lipinski definition) is 3. The molecule has 1 N–H and O–H groups in total. The van der Waals surface area contributed by atoms with Gasteiger partial charge in [-0.3, -0.25) is 0 Å². The molecule has 2 rings (SSSR count). The van der Waals surface area contributed by atoms with E-state index in [2.05, 4.69) is 31.1 Å². The Hall–Kier alpha value is -1.06. The van der Waals surface area contributed by atoms with Crippen LogP contribution in [0.2, 0.25) is 0 Å². The third kappa shape index (κ3) is 4.95. The van der Waals surface area contributed by atoms with Gasteiger partial charge in [-0.25, -0.2) is 0 Å². The summed E-state index contributed by atoms with van der Waals surface area (Å²) in [5.41, 5.74) is 0.323. The van der Waals surface area contributed by atoms with Gasteiger partial charge in [0.2, 0.25) is 0 Å². The Kier molecular flexibility index (Phi) is 6.49. The smallest absolute Gasteiger partial charge is 0.119 e. The molecule has 1 aliphatic rings. The Morgan fingerprint density at radius 3 is 2.26 bits per heavy atom. The van der Waals surface area contributed by atoms with Crippen molar-refractivity contribution < 1.29 is 9.84 Å². The molecule has 23 heavy (non-hydrogen) atoms. The van der Waals surface area contributed by atoms with Gasteiger partial charge in [0.1, 0.15) is 5.75 Å². The lowest BCUT2D eigenvalue weighted by Gasteiger charge is -2.40. The van der Waals surface area contributed by atoms with Crippen molar-refractivity contribution in [2.75, 3.05) is 20.6 Å². The molecule has 0 heterocycles. The van der Waals surface area contributed by atoms with Crippen LogP contribution in [0.15, 0.2) is 24.3 Å². The van der Waals surface area contributed by atoms with Crippen LogP contribution in [-0.4, -0.2) is 36.8 Å². The number of benzene rings is 1. The van der Waals surface area contributed by atoms with Gasteiger partial charge >= 0.3 is 0 Å². The molecule has 0 radical (unpaired) electrons. The van der Waals surface area contributed by atoms with Gasteiger partial charge in [-0.2, -0.15) is 0 Å². The quantitative estimate of drug-likeness (QED) is 0.818. The number of ether oxygens (including phenoxy) is 1. The molecule has 3 heteroatoms. The highest BCUT2D eigenvalue weighted by molar-refractivity contribution is 5.31. The topological polar surface area (TPSA) is 32.7 Å². The van der Waals surface area contributed by atoms with E-state index in [0.29, 0.717) is 5.92 Å². The first-order valence-corrected chi connectivity index (χ1v) is 9.06.